The number of rotatable bonds is 5. The molecule has 0 radical (unpaired) electrons. The highest BCUT2D eigenvalue weighted by molar-refractivity contribution is 6.36. The average molecular weight is 374 g/mol. The van der Waals surface area contributed by atoms with E-state index in [-0.39, 0.29) is 10.8 Å². The first-order chi connectivity index (χ1) is 11.3. The van der Waals surface area contributed by atoms with Crippen LogP contribution in [0.1, 0.15) is 16.2 Å². The summed E-state index contributed by atoms with van der Waals surface area (Å²) in [5, 5.41) is 13.3. The lowest BCUT2D eigenvalue weighted by atomic mass is 10.3. The van der Waals surface area contributed by atoms with Gasteiger partial charge in [-0.25, -0.2) is 9.78 Å². The van der Waals surface area contributed by atoms with Gasteiger partial charge in [-0.3, -0.25) is 14.9 Å². The van der Waals surface area contributed by atoms with Crippen molar-refractivity contribution in [3.05, 3.63) is 49.8 Å². The van der Waals surface area contributed by atoms with Crippen LogP contribution in [-0.4, -0.2) is 28.4 Å². The van der Waals surface area contributed by atoms with E-state index in [1.54, 1.807) is 6.92 Å². The summed E-state index contributed by atoms with van der Waals surface area (Å²) in [7, 11) is 0. The quantitative estimate of drug-likeness (QED) is 0.484. The summed E-state index contributed by atoms with van der Waals surface area (Å²) in [6.07, 6.45) is 0. The Morgan fingerprint density at radius 3 is 2.71 bits per heavy atom. The lowest BCUT2D eigenvalue weighted by molar-refractivity contribution is -0.402. The highest BCUT2D eigenvalue weighted by Gasteiger charge is 2.19. The molecule has 0 fully saturated rings. The number of aromatic nitrogens is 1. The normalized spacial score (nSPS) is 10.3. The Hall–Kier alpha value is -2.65. The van der Waals surface area contributed by atoms with E-state index in [0.717, 1.165) is 12.1 Å². The first-order valence-corrected chi connectivity index (χ1v) is 7.07. The molecule has 24 heavy (non-hydrogen) atoms. The number of aryl methyl sites for hydroxylation is 1. The molecule has 0 atom stereocenters. The van der Waals surface area contributed by atoms with Gasteiger partial charge in [-0.2, -0.15) is 0 Å². The molecule has 2 aromatic heterocycles. The Morgan fingerprint density at radius 2 is 2.08 bits per heavy atom. The third-order valence-corrected chi connectivity index (χ3v) is 3.34. The van der Waals surface area contributed by atoms with Crippen molar-refractivity contribution in [2.75, 3.05) is 11.9 Å². The largest absolute Gasteiger partial charge is 0.450 e. The average Bonchev–Trinajstić information content (AvgIpc) is 3.00. The number of anilines is 1. The van der Waals surface area contributed by atoms with Crippen LogP contribution in [0.4, 0.5) is 11.7 Å². The van der Waals surface area contributed by atoms with Gasteiger partial charge in [0.15, 0.2) is 12.4 Å². The molecule has 0 aliphatic rings. The number of carbonyl (C=O) groups excluding carboxylic acids is 2. The maximum absolute atomic E-state index is 11.8. The fourth-order valence-electron chi connectivity index (χ4n) is 1.55. The van der Waals surface area contributed by atoms with Gasteiger partial charge in [-0.15, -0.1) is 0 Å². The molecule has 0 spiro atoms. The summed E-state index contributed by atoms with van der Waals surface area (Å²) in [4.78, 5) is 37.0. The van der Waals surface area contributed by atoms with Gasteiger partial charge in [0.05, 0.1) is 21.8 Å². The van der Waals surface area contributed by atoms with Crippen molar-refractivity contribution in [2.45, 2.75) is 6.92 Å². The van der Waals surface area contributed by atoms with E-state index in [1.165, 1.54) is 6.07 Å². The van der Waals surface area contributed by atoms with E-state index in [4.69, 9.17) is 23.2 Å². The highest BCUT2D eigenvalue weighted by atomic mass is 35.5. The van der Waals surface area contributed by atoms with Gasteiger partial charge in [0.2, 0.25) is 5.76 Å². The summed E-state index contributed by atoms with van der Waals surface area (Å²) in [6, 6.07) is 3.48. The molecule has 1 amide bonds. The smallest absolute Gasteiger partial charge is 0.433 e. The Morgan fingerprint density at radius 1 is 1.38 bits per heavy atom. The standard InChI is InChI=1S/C13H9Cl2N3O6/c1-6-7(14)4-8(15)12(16-6)17-10(19)5-23-13(20)9-2-3-11(24-9)18(21)22/h2-4H,5H2,1H3,(H,16,17,19). The molecule has 0 bridgehead atoms. The number of hydrogen-bond donors (Lipinski definition) is 1. The highest BCUT2D eigenvalue weighted by Crippen LogP contribution is 2.25. The summed E-state index contributed by atoms with van der Waals surface area (Å²) < 4.78 is 9.34. The van der Waals surface area contributed by atoms with Crippen molar-refractivity contribution >= 4 is 46.8 Å². The van der Waals surface area contributed by atoms with Crippen LogP contribution >= 0.6 is 23.2 Å². The van der Waals surface area contributed by atoms with Crippen molar-refractivity contribution < 1.29 is 23.7 Å². The Bertz CT molecular complexity index is 820. The minimum Gasteiger partial charge on any atom is -0.450 e. The molecule has 0 saturated carbocycles. The molecular formula is C13H9Cl2N3O6. The van der Waals surface area contributed by atoms with E-state index in [9.17, 15) is 19.7 Å². The van der Waals surface area contributed by atoms with Crippen molar-refractivity contribution in [3.8, 4) is 0 Å². The first-order valence-electron chi connectivity index (χ1n) is 6.31. The number of nitrogens with zero attached hydrogens (tertiary/aromatic N) is 2. The van der Waals surface area contributed by atoms with Crippen LogP contribution < -0.4 is 5.32 Å². The molecule has 11 heteroatoms. The van der Waals surface area contributed by atoms with Crippen LogP contribution in [0.3, 0.4) is 0 Å². The van der Waals surface area contributed by atoms with Crippen LogP contribution in [0.5, 0.6) is 0 Å². The van der Waals surface area contributed by atoms with Gasteiger partial charge in [0.1, 0.15) is 4.92 Å². The minimum absolute atomic E-state index is 0.0632. The zero-order valence-corrected chi connectivity index (χ0v) is 13.6. The van der Waals surface area contributed by atoms with Crippen LogP contribution in [-0.2, 0) is 9.53 Å². The van der Waals surface area contributed by atoms with Gasteiger partial charge >= 0.3 is 11.9 Å². The first kappa shape index (κ1) is 17.7. The topological polar surface area (TPSA) is 125 Å². The fraction of sp³-hybridized carbons (Fsp3) is 0.154. The number of amides is 1. The number of furan rings is 1. The number of hydrogen-bond acceptors (Lipinski definition) is 7. The number of ether oxygens (including phenoxy) is 1. The van der Waals surface area contributed by atoms with Gasteiger partial charge in [-0.05, 0) is 19.1 Å². The van der Waals surface area contributed by atoms with E-state index in [0.29, 0.717) is 10.7 Å². The third kappa shape index (κ3) is 4.21. The number of esters is 1. The molecule has 0 aromatic carbocycles. The number of halogens is 2. The van der Waals surface area contributed by atoms with Crippen LogP contribution in [0.2, 0.25) is 10.0 Å². The second kappa shape index (κ2) is 7.28. The van der Waals surface area contributed by atoms with E-state index >= 15 is 0 Å². The van der Waals surface area contributed by atoms with Crippen LogP contribution in [0, 0.1) is 17.0 Å². The molecule has 2 aromatic rings. The number of pyridine rings is 1. The maximum atomic E-state index is 11.8. The molecule has 0 unspecified atom stereocenters. The molecule has 1 N–H and O–H groups in total. The number of carbonyl (C=O) groups is 2. The molecule has 0 saturated heterocycles. The molecule has 126 valence electrons. The zero-order valence-electron chi connectivity index (χ0n) is 12.0. The molecular weight excluding hydrogens is 365 g/mol. The number of nitro groups is 1. The summed E-state index contributed by atoms with van der Waals surface area (Å²) in [5.74, 6) is -2.68. The van der Waals surface area contributed by atoms with Gasteiger partial charge in [0, 0.05) is 0 Å². The van der Waals surface area contributed by atoms with Crippen LogP contribution in [0.25, 0.3) is 0 Å². The maximum Gasteiger partial charge on any atom is 0.433 e. The molecule has 0 aliphatic carbocycles. The van der Waals surface area contributed by atoms with E-state index in [2.05, 4.69) is 19.5 Å². The SMILES string of the molecule is Cc1nc(NC(=O)COC(=O)c2ccc([N+](=O)[O-])o2)c(Cl)cc1Cl. The number of nitrogens with one attached hydrogen (secondary N) is 1. The van der Waals surface area contributed by atoms with E-state index < -0.39 is 35.1 Å². The summed E-state index contributed by atoms with van der Waals surface area (Å²) in [5.41, 5.74) is 0.455. The van der Waals surface area contributed by atoms with Gasteiger partial charge in [0.25, 0.3) is 5.91 Å². The Balaban J connectivity index is 1.94. The van der Waals surface area contributed by atoms with Crippen molar-refractivity contribution in [3.63, 3.8) is 0 Å². The van der Waals surface area contributed by atoms with Gasteiger partial charge < -0.3 is 14.5 Å². The minimum atomic E-state index is -1.02. The van der Waals surface area contributed by atoms with Crippen molar-refractivity contribution in [2.24, 2.45) is 0 Å². The van der Waals surface area contributed by atoms with Crippen LogP contribution in [0.15, 0.2) is 22.6 Å². The molecule has 9 nitrogen and oxygen atoms in total. The Kier molecular flexibility index (Phi) is 5.37. The monoisotopic (exact) mass is 373 g/mol. The predicted molar refractivity (Wildman–Crippen MR) is 83.3 cm³/mol. The second-order valence-electron chi connectivity index (χ2n) is 4.41. The molecule has 0 aliphatic heterocycles. The van der Waals surface area contributed by atoms with Gasteiger partial charge in [-0.1, -0.05) is 23.2 Å². The summed E-state index contributed by atoms with van der Waals surface area (Å²) >= 11 is 11.7. The third-order valence-electron chi connectivity index (χ3n) is 2.67. The predicted octanol–water partition coefficient (Wildman–Crippen LogP) is 2.99. The summed E-state index contributed by atoms with van der Waals surface area (Å²) in [6.45, 7) is 0.963. The van der Waals surface area contributed by atoms with E-state index in [1.807, 2.05) is 0 Å². The second-order valence-corrected chi connectivity index (χ2v) is 5.22. The van der Waals surface area contributed by atoms with Crippen molar-refractivity contribution in [1.29, 1.82) is 0 Å². The fourth-order valence-corrected chi connectivity index (χ4v) is 1.96. The molecule has 2 heterocycles. The lowest BCUT2D eigenvalue weighted by Gasteiger charge is -2.08. The molecule has 2 rings (SSSR count). The Labute approximate surface area is 144 Å². The lowest BCUT2D eigenvalue weighted by Crippen LogP contribution is -2.21. The zero-order chi connectivity index (χ0) is 17.9. The van der Waals surface area contributed by atoms with Crippen molar-refractivity contribution in [1.82, 2.24) is 4.98 Å².